The van der Waals surface area contributed by atoms with Crippen LogP contribution in [-0.4, -0.2) is 60.9 Å². The van der Waals surface area contributed by atoms with E-state index in [2.05, 4.69) is 16.3 Å². The Morgan fingerprint density at radius 2 is 1.93 bits per heavy atom. The van der Waals surface area contributed by atoms with Gasteiger partial charge in [-0.1, -0.05) is 11.6 Å². The third-order valence-electron chi connectivity index (χ3n) is 6.13. The van der Waals surface area contributed by atoms with Gasteiger partial charge in [0.15, 0.2) is 0 Å². The smallest absolute Gasteiger partial charge is 0.146 e. The van der Waals surface area contributed by atoms with Crippen molar-refractivity contribution in [2.75, 3.05) is 51.4 Å². The summed E-state index contributed by atoms with van der Waals surface area (Å²) in [5.74, 6) is 1.98. The molecule has 0 radical (unpaired) electrons. The summed E-state index contributed by atoms with van der Waals surface area (Å²) in [5, 5.41) is 4.97. The van der Waals surface area contributed by atoms with E-state index in [4.69, 9.17) is 19.4 Å². The van der Waals surface area contributed by atoms with Gasteiger partial charge in [-0.15, -0.1) is 11.3 Å². The molecule has 2 aromatic rings. The second kappa shape index (κ2) is 9.08. The van der Waals surface area contributed by atoms with Crippen molar-refractivity contribution in [3.63, 3.8) is 0 Å². The molecule has 1 saturated heterocycles. The van der Waals surface area contributed by atoms with Gasteiger partial charge in [-0.3, -0.25) is 4.90 Å². The first-order chi connectivity index (χ1) is 14.4. The van der Waals surface area contributed by atoms with Gasteiger partial charge in [-0.05, 0) is 44.1 Å². The lowest BCUT2D eigenvalue weighted by molar-refractivity contribution is 0.0331. The molecule has 1 aliphatic carbocycles. The highest BCUT2D eigenvalue weighted by Gasteiger charge is 2.22. The second-order valence-electron chi connectivity index (χ2n) is 8.13. The number of hydrogen-bond donors (Lipinski definition) is 1. The molecular weight excluding hydrogens is 384 g/mol. The molecule has 156 valence electrons. The molecule has 2 aliphatic heterocycles. The fourth-order valence-electron chi connectivity index (χ4n) is 4.49. The molecule has 0 aromatic carbocycles. The van der Waals surface area contributed by atoms with Crippen LogP contribution in [0.4, 0.5) is 5.82 Å². The Labute approximate surface area is 176 Å². The fourth-order valence-corrected chi connectivity index (χ4v) is 5.77. The van der Waals surface area contributed by atoms with Gasteiger partial charge in [0.05, 0.1) is 38.4 Å². The van der Waals surface area contributed by atoms with Gasteiger partial charge in [0.25, 0.3) is 0 Å². The van der Waals surface area contributed by atoms with Gasteiger partial charge < -0.3 is 14.8 Å². The monoisotopic (exact) mass is 414 g/mol. The molecule has 7 heteroatoms. The normalized spacial score (nSPS) is 20.5. The summed E-state index contributed by atoms with van der Waals surface area (Å²) in [6, 6.07) is 0. The molecule has 5 rings (SSSR count). The molecule has 0 unspecified atom stereocenters. The molecular formula is C22H30N4O2S. The molecule has 4 heterocycles. The molecule has 0 saturated carbocycles. The predicted molar refractivity (Wildman–Crippen MR) is 117 cm³/mol. The maximum Gasteiger partial charge on any atom is 0.146 e. The Morgan fingerprint density at radius 3 is 2.79 bits per heavy atom. The van der Waals surface area contributed by atoms with Crippen molar-refractivity contribution in [1.29, 1.82) is 0 Å². The lowest BCUT2D eigenvalue weighted by atomic mass is 9.97. The number of aromatic nitrogens is 2. The summed E-state index contributed by atoms with van der Waals surface area (Å²) in [5.41, 5.74) is 3.00. The number of hydrogen-bond acceptors (Lipinski definition) is 7. The highest BCUT2D eigenvalue weighted by atomic mass is 32.1. The number of anilines is 1. The minimum absolute atomic E-state index is 0.759. The molecule has 2 aromatic heterocycles. The molecule has 0 spiro atoms. The lowest BCUT2D eigenvalue weighted by Gasteiger charge is -2.26. The number of nitrogens with zero attached hydrogens (tertiary/aromatic N) is 3. The van der Waals surface area contributed by atoms with Crippen molar-refractivity contribution < 1.29 is 9.47 Å². The van der Waals surface area contributed by atoms with E-state index in [9.17, 15) is 0 Å². The van der Waals surface area contributed by atoms with Crippen LogP contribution in [0.5, 0.6) is 0 Å². The highest BCUT2D eigenvalue weighted by molar-refractivity contribution is 7.19. The zero-order chi connectivity index (χ0) is 19.5. The van der Waals surface area contributed by atoms with Gasteiger partial charge >= 0.3 is 0 Å². The third-order valence-corrected chi connectivity index (χ3v) is 7.31. The van der Waals surface area contributed by atoms with Crippen molar-refractivity contribution in [3.8, 4) is 0 Å². The quantitative estimate of drug-likeness (QED) is 0.730. The van der Waals surface area contributed by atoms with E-state index in [1.54, 1.807) is 0 Å². The van der Waals surface area contributed by atoms with Crippen LogP contribution in [0.1, 0.15) is 41.9 Å². The van der Waals surface area contributed by atoms with Crippen molar-refractivity contribution in [1.82, 2.24) is 14.9 Å². The first-order valence-corrected chi connectivity index (χ1v) is 11.8. The number of aryl methyl sites for hydroxylation is 2. The van der Waals surface area contributed by atoms with E-state index >= 15 is 0 Å². The lowest BCUT2D eigenvalue weighted by Crippen LogP contribution is -2.36. The van der Waals surface area contributed by atoms with Crippen LogP contribution >= 0.6 is 11.3 Å². The molecule has 1 N–H and O–H groups in total. The standard InChI is InChI=1S/C22H30N4O2S/c1-2-4-18-17(3-1)20-21(23-8-5-16-6-11-27-12-7-16)24-19(25-22(20)29-18)15-26-9-13-28-14-10-26/h6H,1-5,7-15H2,(H,23,24,25). The number of morpholine rings is 1. The van der Waals surface area contributed by atoms with Crippen LogP contribution in [0, 0.1) is 0 Å². The summed E-state index contributed by atoms with van der Waals surface area (Å²) in [6.45, 7) is 6.86. The van der Waals surface area contributed by atoms with Gasteiger partial charge in [-0.2, -0.15) is 0 Å². The largest absolute Gasteiger partial charge is 0.379 e. The number of rotatable bonds is 6. The summed E-state index contributed by atoms with van der Waals surface area (Å²) in [6.07, 6.45) is 9.28. The molecule has 3 aliphatic rings. The van der Waals surface area contributed by atoms with Crippen LogP contribution < -0.4 is 5.32 Å². The van der Waals surface area contributed by atoms with Crippen molar-refractivity contribution >= 4 is 27.4 Å². The maximum atomic E-state index is 5.49. The van der Waals surface area contributed by atoms with Gasteiger partial charge in [-0.25, -0.2) is 9.97 Å². The van der Waals surface area contributed by atoms with Gasteiger partial charge in [0.2, 0.25) is 0 Å². The fraction of sp³-hybridized carbons (Fsp3) is 0.636. The minimum atomic E-state index is 0.759. The summed E-state index contributed by atoms with van der Waals surface area (Å²) in [4.78, 5) is 15.1. The Morgan fingerprint density at radius 1 is 1.03 bits per heavy atom. The number of ether oxygens (including phenoxy) is 2. The van der Waals surface area contributed by atoms with E-state index in [1.807, 2.05) is 11.3 Å². The minimum Gasteiger partial charge on any atom is -0.379 e. The van der Waals surface area contributed by atoms with Crippen molar-refractivity contribution in [2.24, 2.45) is 0 Å². The SMILES string of the molecule is C1=C(CCNc2nc(CN3CCOCC3)nc3sc4c(c23)CCCC4)CCOC1. The van der Waals surface area contributed by atoms with Crippen LogP contribution in [0.15, 0.2) is 11.6 Å². The van der Waals surface area contributed by atoms with Crippen molar-refractivity contribution in [3.05, 3.63) is 27.9 Å². The predicted octanol–water partition coefficient (Wildman–Crippen LogP) is 3.55. The summed E-state index contributed by atoms with van der Waals surface area (Å²) < 4.78 is 10.9. The summed E-state index contributed by atoms with van der Waals surface area (Å²) in [7, 11) is 0. The molecule has 0 amide bonds. The zero-order valence-electron chi connectivity index (χ0n) is 17.0. The maximum absolute atomic E-state index is 5.49. The Balaban J connectivity index is 1.40. The Bertz CT molecular complexity index is 889. The molecule has 1 fully saturated rings. The van der Waals surface area contributed by atoms with Gasteiger partial charge in [0, 0.05) is 24.5 Å². The van der Waals surface area contributed by atoms with Gasteiger partial charge in [0.1, 0.15) is 16.5 Å². The molecule has 29 heavy (non-hydrogen) atoms. The third kappa shape index (κ3) is 4.48. The molecule has 0 bridgehead atoms. The van der Waals surface area contributed by atoms with Crippen molar-refractivity contribution in [2.45, 2.75) is 45.1 Å². The second-order valence-corrected chi connectivity index (χ2v) is 9.22. The summed E-state index contributed by atoms with van der Waals surface area (Å²) >= 11 is 1.89. The average Bonchev–Trinajstić information content (AvgIpc) is 3.14. The van der Waals surface area contributed by atoms with E-state index in [1.165, 1.54) is 51.9 Å². The van der Waals surface area contributed by atoms with E-state index in [0.717, 1.165) is 77.1 Å². The van der Waals surface area contributed by atoms with E-state index < -0.39 is 0 Å². The van der Waals surface area contributed by atoms with E-state index in [-0.39, 0.29) is 0 Å². The molecule has 6 nitrogen and oxygen atoms in total. The van der Waals surface area contributed by atoms with Crippen LogP contribution in [-0.2, 0) is 28.9 Å². The van der Waals surface area contributed by atoms with E-state index in [0.29, 0.717) is 0 Å². The number of thiophene rings is 1. The Kier molecular flexibility index (Phi) is 6.08. The highest BCUT2D eigenvalue weighted by Crippen LogP contribution is 2.38. The average molecular weight is 415 g/mol. The van der Waals surface area contributed by atoms with Crippen LogP contribution in [0.3, 0.4) is 0 Å². The first kappa shape index (κ1) is 19.4. The van der Waals surface area contributed by atoms with Crippen LogP contribution in [0.2, 0.25) is 0 Å². The topological polar surface area (TPSA) is 59.5 Å². The molecule has 0 atom stereocenters. The number of fused-ring (bicyclic) bond motifs is 3. The number of nitrogens with one attached hydrogen (secondary N) is 1. The first-order valence-electron chi connectivity index (χ1n) is 11.0. The zero-order valence-corrected chi connectivity index (χ0v) is 17.9. The van der Waals surface area contributed by atoms with Crippen LogP contribution in [0.25, 0.3) is 10.2 Å². The Hall–Kier alpha value is -1.54.